The minimum atomic E-state index is -3.01. The first-order chi connectivity index (χ1) is 55.4. The van der Waals surface area contributed by atoms with Crippen LogP contribution in [-0.4, -0.2) is 266 Å². The van der Waals surface area contributed by atoms with Crippen LogP contribution in [0.5, 0.6) is 0 Å². The number of hydrogen-bond acceptors (Lipinski definition) is 23. The van der Waals surface area contributed by atoms with Crippen molar-refractivity contribution in [3.63, 3.8) is 0 Å². The third-order valence-corrected chi connectivity index (χ3v) is 33.1. The summed E-state index contributed by atoms with van der Waals surface area (Å²) >= 11 is 0. The average Bonchev–Trinajstić information content (AvgIpc) is 1.71. The zero-order chi connectivity index (χ0) is 87.1. The maximum atomic E-state index is 13.8. The molecule has 24 nitrogen and oxygen atoms in total. The molecule has 12 fully saturated rings. The summed E-state index contributed by atoms with van der Waals surface area (Å²) in [7, 11) is -7.67. The van der Waals surface area contributed by atoms with Crippen LogP contribution in [0.4, 0.5) is 0 Å². The molecule has 0 aromatic rings. The molecule has 12 saturated heterocycles. The first-order valence-corrected chi connectivity index (χ1v) is 45.6. The van der Waals surface area contributed by atoms with Gasteiger partial charge < -0.3 is 90.3 Å². The maximum absolute atomic E-state index is 13.8. The highest BCUT2D eigenvalue weighted by Crippen LogP contribution is 2.61. The highest BCUT2D eigenvalue weighted by atomic mass is 31.2. The summed E-state index contributed by atoms with van der Waals surface area (Å²) in [5.74, 6) is 1.43. The fourth-order valence-corrected chi connectivity index (χ4v) is 28.5. The molecule has 0 amide bonds. The Morgan fingerprint density at radius 3 is 1.00 bits per heavy atom. The van der Waals surface area contributed by atoms with Crippen molar-refractivity contribution in [1.29, 1.82) is 5.72 Å². The second-order valence-electron chi connectivity index (χ2n) is 28.5. The molecule has 12 heterocycles. The van der Waals surface area contributed by atoms with Crippen molar-refractivity contribution < 1.29 is 120 Å². The van der Waals surface area contributed by atoms with Gasteiger partial charge >= 0.3 is 0 Å². The second-order valence-corrected chi connectivity index (χ2v) is 40.5. The zero-order valence-electron chi connectivity index (χ0n) is 78.1. The predicted octanol–water partition coefficient (Wildman–Crippen LogP) is 13.6. The van der Waals surface area contributed by atoms with Gasteiger partial charge in [-0.1, -0.05) is 20.8 Å². The Balaban J connectivity index is 0.000000270. The van der Waals surface area contributed by atoms with Crippen molar-refractivity contribution in [1.82, 2.24) is 4.67 Å². The number of nitrogens with zero attached hydrogens (tertiary/aromatic N) is 2. The van der Waals surface area contributed by atoms with Crippen molar-refractivity contribution >= 4 is 38.0 Å². The third kappa shape index (κ3) is 28.1. The fourth-order valence-electron chi connectivity index (χ4n) is 15.4. The molecular formula is C72H139N2O22P5. The molecule has 0 radical (unpaired) electrons. The Kier molecular flexibility index (Phi) is 31.9. The number of aliphatic hydroxyl groups is 4. The van der Waals surface area contributed by atoms with Crippen LogP contribution in [0.3, 0.4) is 0 Å². The largest absolute Gasteiger partial charge is 0.400 e. The first kappa shape index (κ1) is 69.1. The van der Waals surface area contributed by atoms with Gasteiger partial charge in [0.25, 0.3) is 8.53 Å². The predicted molar refractivity (Wildman–Crippen MR) is 399 cm³/mol. The highest BCUT2D eigenvalue weighted by molar-refractivity contribution is 7.60. The lowest BCUT2D eigenvalue weighted by Crippen LogP contribution is -2.39. The summed E-state index contributed by atoms with van der Waals surface area (Å²) in [5, 5.41) is 14.0. The Morgan fingerprint density at radius 1 is 0.465 bits per heavy atom. The van der Waals surface area contributed by atoms with Crippen molar-refractivity contribution in [2.24, 2.45) is 41.4 Å². The van der Waals surface area contributed by atoms with Gasteiger partial charge in [-0.05, 0) is 199 Å². The van der Waals surface area contributed by atoms with E-state index in [0.29, 0.717) is 99.2 Å². The fraction of sp³-hybridized carbons (Fsp3) is 0.986. The van der Waals surface area contributed by atoms with Crippen LogP contribution < -0.4 is 0 Å². The van der Waals surface area contributed by atoms with Crippen molar-refractivity contribution in [3.8, 4) is 0 Å². The molecule has 12 aliphatic rings. The van der Waals surface area contributed by atoms with Gasteiger partial charge in [0.05, 0.1) is 90.3 Å². The molecule has 4 N–H and O–H groups in total. The molecular weight excluding hydrogens is 1400 g/mol. The molecule has 1 unspecified atom stereocenters. The molecule has 0 spiro atoms. The molecule has 0 saturated carbocycles. The molecule has 101 heavy (non-hydrogen) atoms. The molecule has 0 bridgehead atoms. The first-order valence-electron chi connectivity index (χ1n) is 45.5. The average molecular weight is 1570 g/mol. The molecule has 29 heteroatoms. The molecule has 33 atom stereocenters. The lowest BCUT2D eigenvalue weighted by atomic mass is 9.90. The van der Waals surface area contributed by atoms with E-state index in [1.165, 1.54) is 28.4 Å². The minimum absolute atomic E-state index is 0.00505. The lowest BCUT2D eigenvalue weighted by molar-refractivity contribution is 0.00525. The van der Waals surface area contributed by atoms with Crippen LogP contribution in [0.25, 0.3) is 4.85 Å². The van der Waals surface area contributed by atoms with Crippen LogP contribution in [0.2, 0.25) is 0 Å². The Hall–Kier alpha value is 0.0800. The van der Waals surface area contributed by atoms with Gasteiger partial charge in [-0.15, -0.1) is 0 Å². The van der Waals surface area contributed by atoms with Gasteiger partial charge in [-0.25, -0.2) is 11.2 Å². The molecule has 12 aliphatic heterocycles. The highest BCUT2D eigenvalue weighted by Gasteiger charge is 2.49. The summed E-state index contributed by atoms with van der Waals surface area (Å²) in [6.45, 7) is 17.4. The van der Waals surface area contributed by atoms with E-state index in [4.69, 9.17) is 93.8 Å². The van der Waals surface area contributed by atoms with E-state index in [1.807, 2.05) is 0 Å². The van der Waals surface area contributed by atoms with Crippen LogP contribution in [0.15, 0.2) is 0 Å². The molecule has 594 valence electrons. The summed E-state index contributed by atoms with van der Waals surface area (Å²) in [5.41, 5.74) is 0. The summed E-state index contributed by atoms with van der Waals surface area (Å²) < 4.78 is 253. The monoisotopic (exact) mass is 1570 g/mol. The van der Waals surface area contributed by atoms with Crippen LogP contribution in [0.1, 0.15) is 195 Å². The Morgan fingerprint density at radius 2 is 0.733 bits per heavy atom. The molecule has 12 rings (SSSR count). The van der Waals surface area contributed by atoms with Crippen molar-refractivity contribution in [2.75, 3.05) is 144 Å². The smallest absolute Gasteiger partial charge is 0.259 e. The number of hydrogen-bond donors (Lipinski definition) is 4. The summed E-state index contributed by atoms with van der Waals surface area (Å²) in [6, 6.07) is 0.332. The summed E-state index contributed by atoms with van der Waals surface area (Å²) in [4.78, 5) is 3.39. The molecule has 0 aliphatic carbocycles. The third-order valence-electron chi connectivity index (χ3n) is 20.2. The van der Waals surface area contributed by atoms with Crippen LogP contribution in [0, 0.1) is 48.0 Å². The van der Waals surface area contributed by atoms with Gasteiger partial charge in [0, 0.05) is 148 Å². The Labute approximate surface area is 633 Å². The minimum Gasteiger partial charge on any atom is -0.400 e. The van der Waals surface area contributed by atoms with E-state index in [-0.39, 0.29) is 101 Å². The van der Waals surface area contributed by atoms with Crippen LogP contribution >= 0.6 is 38.0 Å². The van der Waals surface area contributed by atoms with E-state index in [2.05, 4.69) is 78.4 Å². The normalized spacial score (nSPS) is 49.5. The van der Waals surface area contributed by atoms with Gasteiger partial charge in [0.1, 0.15) is 6.61 Å². The molecule has 0 aromatic heterocycles. The number of rotatable bonds is 20. The summed E-state index contributed by atoms with van der Waals surface area (Å²) in [6.07, 6.45) is 10.8. The van der Waals surface area contributed by atoms with Crippen molar-refractivity contribution in [3.05, 3.63) is 11.4 Å². The lowest BCUT2D eigenvalue weighted by Gasteiger charge is -2.39. The Bertz CT molecular complexity index is 2810. The quantitative estimate of drug-likeness (QED) is 0.0500. The van der Waals surface area contributed by atoms with E-state index in [1.54, 1.807) is 0 Å². The number of aliphatic hydroxyl groups excluding tert-OH is 4. The van der Waals surface area contributed by atoms with E-state index in [0.717, 1.165) is 70.6 Å². The van der Waals surface area contributed by atoms with Crippen molar-refractivity contribution in [2.45, 2.75) is 270 Å². The standard InChI is InChI=1S/C23H42N2O6P2.3C15H27O4P.4CH4O/c1-17(2)25(18(3)4)32(29-14-11-24-6)30-22-10-13-28-23(22)20-8-7-15-33(26,16-20)31-21-9-12-27-19(21)5;3*1-11-5-7-18-15(11)13-4-3-9-20(16,10-13)19-14-6-8-17-12(14)2;4*1-2/h17-23H,7-16H2,1-5H3;3*11-15H,3-10H2,1-2H3;4*2H,1H3/t19-,20+,21+,22+,23-,32?,33-;11-,12+,13+,14-,15-,20+;11-,12+,13+,14-,15-,20-;11-,12+,13-,14-,15-,20-;;;;/m1000..../s1/i5D,12T,13T;3*2D,7T,8T;4*2T/t12-,13-,19-,20+,21+,22+,23-,32?,33-;7-,8-,11+,12-,13-,14+,15+,20-;7-,8-,11+,12-,13-,14+,15+,20+;7-,8-,11+,12-,13+,14+,15+,20+;;;;/m1111..... The SMILES string of the molecule is [2H]C[C@H]1O[C@H]([3H])C[C@@H]1O[P@@]1(=O)CCC[C@@H]([C@H]2O[C@H]([3H])C[C@@H]2C)C1.[2H]C[C@H]1O[C@H]([3H])C[C@@H]1O[P@@]1(=O)CCC[C@H]([C@H]2O[C@H]([3H])C[C@@H]2C)C1.[2H]C[C@H]1O[C@H]([3H])C[C@@H]1O[P@]1(=O)CCC[C@@H]([C@H]2O[C@H]([3H])C[C@@H]2C)C1.[2H]C[C@H]1O[C@H]([3H])C[C@@H]1O[P@]1(=O)CCC[C@H]([C@H]2O[C@H]([3H])C[C@@H]2OP(OCC[N+]#[C-])N(C(C)C)C(C)C)C1.[3H]OC.[3H]OC.[3H]OC.[3H]OC. The zero-order valence-corrected chi connectivity index (χ0v) is 66.6. The van der Waals surface area contributed by atoms with Gasteiger partial charge in [0.15, 0.2) is 0 Å². The number of ether oxygens (including phenoxy) is 8. The van der Waals surface area contributed by atoms with E-state index < -0.39 is 146 Å². The maximum Gasteiger partial charge on any atom is 0.259 e. The van der Waals surface area contributed by atoms with Crippen LogP contribution in [-0.2, 0) is 83.3 Å². The van der Waals surface area contributed by atoms with E-state index in [9.17, 15) is 18.3 Å². The van der Waals surface area contributed by atoms with Gasteiger partial charge in [0.2, 0.25) is 41.7 Å². The topological polar surface area (TPSA) is 286 Å². The van der Waals surface area contributed by atoms with E-state index >= 15 is 0 Å². The van der Waals surface area contributed by atoms with Gasteiger partial charge in [-0.2, -0.15) is 0 Å². The van der Waals surface area contributed by atoms with Gasteiger partial charge in [-0.3, -0.25) is 18.3 Å². The second kappa shape index (κ2) is 46.7. The molecule has 0 aromatic carbocycles.